The molecule has 3 amide bonds. The van der Waals surface area contributed by atoms with Gasteiger partial charge in [0.15, 0.2) is 0 Å². The molecule has 3 heterocycles. The molecule has 8 heteroatoms. The van der Waals surface area contributed by atoms with E-state index in [2.05, 4.69) is 15.2 Å². The highest BCUT2D eigenvalue weighted by Gasteiger charge is 2.29. The fraction of sp³-hybridized carbons (Fsp3) is 0.333. The first-order chi connectivity index (χ1) is 14.1. The number of nitrogens with one attached hydrogen (secondary N) is 1. The summed E-state index contributed by atoms with van der Waals surface area (Å²) in [5.41, 5.74) is 2.05. The minimum atomic E-state index is -0.214. The Kier molecular flexibility index (Phi) is 5.80. The molecule has 2 fully saturated rings. The van der Waals surface area contributed by atoms with E-state index in [0.29, 0.717) is 11.3 Å². The lowest BCUT2D eigenvalue weighted by Gasteiger charge is -2.29. The van der Waals surface area contributed by atoms with Crippen molar-refractivity contribution in [2.45, 2.75) is 25.8 Å². The fourth-order valence-corrected chi connectivity index (χ4v) is 4.27. The van der Waals surface area contributed by atoms with Gasteiger partial charge in [0.2, 0.25) is 5.91 Å². The molecule has 0 radical (unpaired) electrons. The number of hydrogen-bond acceptors (Lipinski definition) is 6. The van der Waals surface area contributed by atoms with Crippen molar-refractivity contribution in [3.05, 3.63) is 53.7 Å². The molecular weight excluding hydrogens is 388 g/mol. The van der Waals surface area contributed by atoms with Gasteiger partial charge in [-0.2, -0.15) is 0 Å². The number of amides is 3. The topological polar surface area (TPSA) is 82.6 Å². The zero-order valence-electron chi connectivity index (χ0n) is 16.0. The number of carbonyl (C=O) groups is 3. The first-order valence-corrected chi connectivity index (χ1v) is 10.7. The summed E-state index contributed by atoms with van der Waals surface area (Å²) in [5.74, 6) is 0.564. The number of aromatic nitrogens is 1. The highest BCUT2D eigenvalue weighted by Crippen LogP contribution is 2.24. The maximum Gasteiger partial charge on any atom is 0.289 e. The number of benzene rings is 1. The molecule has 2 saturated heterocycles. The van der Waals surface area contributed by atoms with E-state index in [9.17, 15) is 14.4 Å². The quantitative estimate of drug-likeness (QED) is 0.812. The maximum absolute atomic E-state index is 12.8. The Morgan fingerprint density at radius 3 is 2.52 bits per heavy atom. The SMILES string of the molecule is O=C(Nc1ccc(CN2C(=O)CSC2=O)cc1)c1cccnc1N1CCCCC1. The van der Waals surface area contributed by atoms with Crippen molar-refractivity contribution in [2.24, 2.45) is 0 Å². The molecule has 1 N–H and O–H groups in total. The zero-order chi connectivity index (χ0) is 20.2. The van der Waals surface area contributed by atoms with Gasteiger partial charge in [-0.25, -0.2) is 4.98 Å². The number of nitrogens with zero attached hydrogens (tertiary/aromatic N) is 3. The van der Waals surface area contributed by atoms with Crippen LogP contribution < -0.4 is 10.2 Å². The third-order valence-corrected chi connectivity index (χ3v) is 5.94. The summed E-state index contributed by atoms with van der Waals surface area (Å²) >= 11 is 1.03. The van der Waals surface area contributed by atoms with Crippen molar-refractivity contribution in [3.8, 4) is 0 Å². The molecule has 1 aromatic heterocycles. The average molecular weight is 410 g/mol. The zero-order valence-corrected chi connectivity index (χ0v) is 16.8. The van der Waals surface area contributed by atoms with Crippen LogP contribution in [0, 0.1) is 0 Å². The third-order valence-electron chi connectivity index (χ3n) is 5.08. The highest BCUT2D eigenvalue weighted by atomic mass is 32.2. The highest BCUT2D eigenvalue weighted by molar-refractivity contribution is 8.14. The molecule has 0 unspecified atom stereocenters. The number of rotatable bonds is 5. The van der Waals surface area contributed by atoms with Crippen LogP contribution in [0.1, 0.15) is 35.2 Å². The molecule has 0 spiro atoms. The van der Waals surface area contributed by atoms with Gasteiger partial charge >= 0.3 is 0 Å². The summed E-state index contributed by atoms with van der Waals surface area (Å²) < 4.78 is 0. The molecule has 0 bridgehead atoms. The van der Waals surface area contributed by atoms with Crippen LogP contribution >= 0.6 is 11.8 Å². The number of pyridine rings is 1. The Balaban J connectivity index is 1.44. The minimum Gasteiger partial charge on any atom is -0.356 e. The predicted molar refractivity (Wildman–Crippen MR) is 113 cm³/mol. The summed E-state index contributed by atoms with van der Waals surface area (Å²) in [7, 11) is 0. The van der Waals surface area contributed by atoms with Gasteiger partial charge in [-0.05, 0) is 49.1 Å². The molecule has 150 valence electrons. The smallest absolute Gasteiger partial charge is 0.289 e. The molecule has 0 atom stereocenters. The van der Waals surface area contributed by atoms with E-state index in [-0.39, 0.29) is 29.4 Å². The lowest BCUT2D eigenvalue weighted by Crippen LogP contribution is -2.32. The second kappa shape index (κ2) is 8.65. The first kappa shape index (κ1) is 19.4. The predicted octanol–water partition coefficient (Wildman–Crippen LogP) is 3.52. The van der Waals surface area contributed by atoms with Gasteiger partial charge in [-0.15, -0.1) is 0 Å². The Morgan fingerprint density at radius 2 is 1.83 bits per heavy atom. The van der Waals surface area contributed by atoms with Crippen molar-refractivity contribution in [2.75, 3.05) is 29.1 Å². The van der Waals surface area contributed by atoms with Crippen LogP contribution in [-0.2, 0) is 11.3 Å². The Hall–Kier alpha value is -2.87. The second-order valence-corrected chi connectivity index (χ2v) is 8.03. The van der Waals surface area contributed by atoms with E-state index in [1.54, 1.807) is 30.5 Å². The number of imide groups is 1. The van der Waals surface area contributed by atoms with E-state index in [4.69, 9.17) is 0 Å². The number of piperidine rings is 1. The van der Waals surface area contributed by atoms with Gasteiger partial charge in [-0.1, -0.05) is 23.9 Å². The van der Waals surface area contributed by atoms with Gasteiger partial charge in [-0.3, -0.25) is 19.3 Å². The third kappa shape index (κ3) is 4.42. The van der Waals surface area contributed by atoms with Gasteiger partial charge in [0.25, 0.3) is 11.1 Å². The van der Waals surface area contributed by atoms with Gasteiger partial charge in [0, 0.05) is 25.0 Å². The van der Waals surface area contributed by atoms with E-state index < -0.39 is 0 Å². The molecule has 29 heavy (non-hydrogen) atoms. The van der Waals surface area contributed by atoms with E-state index in [1.165, 1.54) is 11.3 Å². The molecule has 4 rings (SSSR count). The number of anilines is 2. The van der Waals surface area contributed by atoms with Crippen LogP contribution in [0.15, 0.2) is 42.6 Å². The lowest BCUT2D eigenvalue weighted by molar-refractivity contribution is -0.125. The molecule has 0 aliphatic carbocycles. The molecule has 2 aromatic rings. The van der Waals surface area contributed by atoms with Gasteiger partial charge in [0.05, 0.1) is 17.9 Å². The van der Waals surface area contributed by atoms with Gasteiger partial charge < -0.3 is 10.2 Å². The van der Waals surface area contributed by atoms with Crippen LogP contribution in [0.2, 0.25) is 0 Å². The van der Waals surface area contributed by atoms with Crippen LogP contribution in [0.3, 0.4) is 0 Å². The van der Waals surface area contributed by atoms with Crippen molar-refractivity contribution in [3.63, 3.8) is 0 Å². The molecule has 1 aromatic carbocycles. The van der Waals surface area contributed by atoms with Crippen LogP contribution in [-0.4, -0.2) is 45.8 Å². The first-order valence-electron chi connectivity index (χ1n) is 9.69. The van der Waals surface area contributed by atoms with Crippen LogP contribution in [0.5, 0.6) is 0 Å². The summed E-state index contributed by atoms with van der Waals surface area (Å²) in [6, 6.07) is 10.8. The standard InChI is InChI=1S/C21H22N4O3S/c26-18-14-29-21(28)25(18)13-15-6-8-16(9-7-15)23-20(27)17-5-4-10-22-19(17)24-11-2-1-3-12-24/h4-10H,1-3,11-14H2,(H,23,27). The molecule has 2 aliphatic heterocycles. The number of carbonyl (C=O) groups excluding carboxylic acids is 3. The largest absolute Gasteiger partial charge is 0.356 e. The Labute approximate surface area is 173 Å². The summed E-state index contributed by atoms with van der Waals surface area (Å²) in [5, 5.41) is 2.71. The van der Waals surface area contributed by atoms with Crippen LogP contribution in [0.4, 0.5) is 16.3 Å². The molecule has 0 saturated carbocycles. The second-order valence-electron chi connectivity index (χ2n) is 7.11. The monoisotopic (exact) mass is 410 g/mol. The summed E-state index contributed by atoms with van der Waals surface area (Å²) in [4.78, 5) is 44.2. The molecule has 2 aliphatic rings. The normalized spacial score (nSPS) is 17.0. The van der Waals surface area contributed by atoms with Gasteiger partial charge in [0.1, 0.15) is 5.82 Å². The number of thioether (sulfide) groups is 1. The maximum atomic E-state index is 12.8. The molecule has 7 nitrogen and oxygen atoms in total. The van der Waals surface area contributed by atoms with Crippen molar-refractivity contribution < 1.29 is 14.4 Å². The average Bonchev–Trinajstić information content (AvgIpc) is 3.07. The Bertz CT molecular complexity index is 910. The van der Waals surface area contributed by atoms with E-state index in [0.717, 1.165) is 49.1 Å². The summed E-state index contributed by atoms with van der Waals surface area (Å²) in [6.07, 6.45) is 5.15. The summed E-state index contributed by atoms with van der Waals surface area (Å²) in [6.45, 7) is 2.08. The van der Waals surface area contributed by atoms with Crippen LogP contribution in [0.25, 0.3) is 0 Å². The minimum absolute atomic E-state index is 0.167. The molecular formula is C21H22N4O3S. The fourth-order valence-electron chi connectivity index (χ4n) is 3.54. The lowest BCUT2D eigenvalue weighted by atomic mass is 10.1. The van der Waals surface area contributed by atoms with E-state index in [1.807, 2.05) is 12.1 Å². The Morgan fingerprint density at radius 1 is 1.07 bits per heavy atom. The van der Waals surface area contributed by atoms with E-state index >= 15 is 0 Å². The van der Waals surface area contributed by atoms with Crippen molar-refractivity contribution >= 4 is 40.3 Å². The van der Waals surface area contributed by atoms with Crippen molar-refractivity contribution in [1.29, 1.82) is 0 Å². The van der Waals surface area contributed by atoms with Crippen molar-refractivity contribution in [1.82, 2.24) is 9.88 Å². The number of hydrogen-bond donors (Lipinski definition) is 1.